The molecule has 0 saturated heterocycles. The van der Waals surface area contributed by atoms with Crippen LogP contribution in [0, 0.1) is 17.0 Å². The predicted octanol–water partition coefficient (Wildman–Crippen LogP) is 4.17. The van der Waals surface area contributed by atoms with Gasteiger partial charge in [0, 0.05) is 23.6 Å². The van der Waals surface area contributed by atoms with E-state index in [1.165, 1.54) is 24.3 Å². The second-order valence-corrected chi connectivity index (χ2v) is 5.95. The first kappa shape index (κ1) is 19.4. The van der Waals surface area contributed by atoms with E-state index in [9.17, 15) is 19.7 Å². The van der Waals surface area contributed by atoms with Crippen molar-refractivity contribution in [1.29, 1.82) is 0 Å². The number of non-ortho nitro benzene ring substituents is 1. The molecule has 8 heteroatoms. The third-order valence-corrected chi connectivity index (χ3v) is 3.86. The number of halogens is 1. The molecule has 7 nitrogen and oxygen atoms in total. The van der Waals surface area contributed by atoms with E-state index in [-0.39, 0.29) is 30.2 Å². The highest BCUT2D eigenvalue weighted by Crippen LogP contribution is 2.25. The smallest absolute Gasteiger partial charge is 0.271 e. The first-order chi connectivity index (χ1) is 12.3. The van der Waals surface area contributed by atoms with Gasteiger partial charge in [-0.2, -0.15) is 0 Å². The largest absolute Gasteiger partial charge is 0.483 e. The molecule has 26 heavy (non-hydrogen) atoms. The number of nitro groups is 1. The van der Waals surface area contributed by atoms with Gasteiger partial charge in [-0.1, -0.05) is 24.6 Å². The van der Waals surface area contributed by atoms with E-state index in [0.29, 0.717) is 21.8 Å². The Bertz CT molecular complexity index is 867. The van der Waals surface area contributed by atoms with Crippen molar-refractivity contribution in [2.75, 3.05) is 11.9 Å². The summed E-state index contributed by atoms with van der Waals surface area (Å²) in [5.74, 6) is -0.400. The van der Waals surface area contributed by atoms with Crippen LogP contribution in [0.25, 0.3) is 0 Å². The summed E-state index contributed by atoms with van der Waals surface area (Å²) >= 11 is 5.90. The lowest BCUT2D eigenvalue weighted by Crippen LogP contribution is -2.21. The van der Waals surface area contributed by atoms with Gasteiger partial charge >= 0.3 is 0 Å². The maximum atomic E-state index is 12.1. The van der Waals surface area contributed by atoms with Crippen LogP contribution in [0.1, 0.15) is 29.3 Å². The lowest BCUT2D eigenvalue weighted by molar-refractivity contribution is -0.384. The van der Waals surface area contributed by atoms with Crippen molar-refractivity contribution in [3.63, 3.8) is 0 Å². The first-order valence-electron chi connectivity index (χ1n) is 7.82. The van der Waals surface area contributed by atoms with Crippen molar-refractivity contribution in [3.8, 4) is 5.75 Å². The number of Topliss-reactive ketones (excluding diaryl/α,β-unsaturated/α-hetero) is 1. The molecule has 0 aromatic heterocycles. The number of nitrogens with one attached hydrogen (secondary N) is 1. The lowest BCUT2D eigenvalue weighted by Gasteiger charge is -2.12. The number of aryl methyl sites for hydroxylation is 1. The molecule has 2 rings (SSSR count). The fourth-order valence-corrected chi connectivity index (χ4v) is 2.40. The highest BCUT2D eigenvalue weighted by molar-refractivity contribution is 6.31. The van der Waals surface area contributed by atoms with Crippen molar-refractivity contribution in [2.45, 2.75) is 20.3 Å². The minimum atomic E-state index is -0.540. The molecule has 0 heterocycles. The number of anilines is 1. The molecular formula is C18H17ClN2O5. The zero-order valence-electron chi connectivity index (χ0n) is 14.2. The average Bonchev–Trinajstić information content (AvgIpc) is 2.61. The number of hydrogen-bond donors (Lipinski definition) is 1. The van der Waals surface area contributed by atoms with E-state index in [1.807, 2.05) is 0 Å². The standard InChI is InChI=1S/C18H17ClN2O5/c1-3-16(22)14-8-12(19)5-7-17(14)26-10-18(23)20-15-9-13(21(24)25)6-4-11(15)2/h4-9H,3,10H2,1-2H3,(H,20,23). The van der Waals surface area contributed by atoms with E-state index in [2.05, 4.69) is 5.32 Å². The second-order valence-electron chi connectivity index (χ2n) is 5.51. The van der Waals surface area contributed by atoms with Crippen molar-refractivity contribution in [3.05, 3.63) is 62.7 Å². The van der Waals surface area contributed by atoms with Crippen LogP contribution in [0.15, 0.2) is 36.4 Å². The zero-order valence-corrected chi connectivity index (χ0v) is 15.0. The molecule has 0 bridgehead atoms. The van der Waals surface area contributed by atoms with Crippen molar-refractivity contribution in [2.24, 2.45) is 0 Å². The van der Waals surface area contributed by atoms with Crippen LogP contribution in [0.2, 0.25) is 5.02 Å². The monoisotopic (exact) mass is 376 g/mol. The summed E-state index contributed by atoms with van der Waals surface area (Å²) in [7, 11) is 0. The predicted molar refractivity (Wildman–Crippen MR) is 98.0 cm³/mol. The Morgan fingerprint density at radius 3 is 2.62 bits per heavy atom. The zero-order chi connectivity index (χ0) is 19.3. The van der Waals surface area contributed by atoms with Crippen LogP contribution in [0.4, 0.5) is 11.4 Å². The fourth-order valence-electron chi connectivity index (χ4n) is 2.22. The quantitative estimate of drug-likeness (QED) is 0.444. The van der Waals surface area contributed by atoms with Gasteiger partial charge in [0.1, 0.15) is 5.75 Å². The van der Waals surface area contributed by atoms with Gasteiger partial charge in [0.05, 0.1) is 16.2 Å². The Kier molecular flexibility index (Phi) is 6.30. The van der Waals surface area contributed by atoms with Gasteiger partial charge in [0.25, 0.3) is 11.6 Å². The number of amides is 1. The fraction of sp³-hybridized carbons (Fsp3) is 0.222. The van der Waals surface area contributed by atoms with Gasteiger partial charge in [0.15, 0.2) is 12.4 Å². The van der Waals surface area contributed by atoms with E-state index >= 15 is 0 Å². The van der Waals surface area contributed by atoms with Crippen LogP contribution >= 0.6 is 11.6 Å². The molecule has 0 aliphatic carbocycles. The van der Waals surface area contributed by atoms with Crippen LogP contribution in [-0.2, 0) is 4.79 Å². The Balaban J connectivity index is 2.09. The minimum Gasteiger partial charge on any atom is -0.483 e. The molecule has 0 fully saturated rings. The SMILES string of the molecule is CCC(=O)c1cc(Cl)ccc1OCC(=O)Nc1cc([N+](=O)[O-])ccc1C. The van der Waals surface area contributed by atoms with E-state index in [4.69, 9.17) is 16.3 Å². The number of nitrogens with zero attached hydrogens (tertiary/aromatic N) is 1. The summed E-state index contributed by atoms with van der Waals surface area (Å²) in [5, 5.41) is 13.8. The van der Waals surface area contributed by atoms with Crippen molar-refractivity contribution < 1.29 is 19.2 Å². The van der Waals surface area contributed by atoms with Gasteiger partial charge in [-0.05, 0) is 30.7 Å². The molecule has 136 valence electrons. The maximum absolute atomic E-state index is 12.1. The summed E-state index contributed by atoms with van der Waals surface area (Å²) in [5.41, 5.74) is 1.19. The summed E-state index contributed by atoms with van der Waals surface area (Å²) in [4.78, 5) is 34.4. The number of ether oxygens (including phenoxy) is 1. The number of hydrogen-bond acceptors (Lipinski definition) is 5. The molecule has 0 atom stereocenters. The molecule has 1 N–H and O–H groups in total. The van der Waals surface area contributed by atoms with E-state index in [1.54, 1.807) is 26.0 Å². The molecule has 0 spiro atoms. The second kappa shape index (κ2) is 8.44. The van der Waals surface area contributed by atoms with Gasteiger partial charge in [0.2, 0.25) is 0 Å². The van der Waals surface area contributed by atoms with Gasteiger partial charge < -0.3 is 10.1 Å². The van der Waals surface area contributed by atoms with Gasteiger partial charge in [-0.25, -0.2) is 0 Å². The third kappa shape index (κ3) is 4.80. The molecule has 2 aromatic carbocycles. The van der Waals surface area contributed by atoms with Crippen molar-refractivity contribution >= 4 is 34.7 Å². The van der Waals surface area contributed by atoms with Crippen LogP contribution in [-0.4, -0.2) is 23.2 Å². The number of rotatable bonds is 7. The lowest BCUT2D eigenvalue weighted by atomic mass is 10.1. The summed E-state index contributed by atoms with van der Waals surface area (Å²) in [6.45, 7) is 3.08. The Morgan fingerprint density at radius 1 is 1.23 bits per heavy atom. The topological polar surface area (TPSA) is 98.5 Å². The van der Waals surface area contributed by atoms with Crippen LogP contribution in [0.5, 0.6) is 5.75 Å². The molecular weight excluding hydrogens is 360 g/mol. The Hall–Kier alpha value is -2.93. The Labute approximate surface area is 155 Å². The molecule has 0 aliphatic rings. The van der Waals surface area contributed by atoms with Crippen LogP contribution in [0.3, 0.4) is 0 Å². The third-order valence-electron chi connectivity index (χ3n) is 3.63. The summed E-state index contributed by atoms with van der Waals surface area (Å²) in [6.07, 6.45) is 0.274. The highest BCUT2D eigenvalue weighted by atomic mass is 35.5. The summed E-state index contributed by atoms with van der Waals surface area (Å²) < 4.78 is 5.44. The van der Waals surface area contributed by atoms with E-state index < -0.39 is 10.8 Å². The Morgan fingerprint density at radius 2 is 1.96 bits per heavy atom. The molecule has 0 radical (unpaired) electrons. The molecule has 0 aliphatic heterocycles. The molecule has 0 unspecified atom stereocenters. The maximum Gasteiger partial charge on any atom is 0.271 e. The van der Waals surface area contributed by atoms with Gasteiger partial charge in [-0.3, -0.25) is 19.7 Å². The van der Waals surface area contributed by atoms with Crippen LogP contribution < -0.4 is 10.1 Å². The summed E-state index contributed by atoms with van der Waals surface area (Å²) in [6, 6.07) is 8.76. The number of benzene rings is 2. The van der Waals surface area contributed by atoms with Crippen molar-refractivity contribution in [1.82, 2.24) is 0 Å². The number of nitro benzene ring substituents is 1. The normalized spacial score (nSPS) is 10.3. The van der Waals surface area contributed by atoms with E-state index in [0.717, 1.165) is 0 Å². The highest BCUT2D eigenvalue weighted by Gasteiger charge is 2.15. The number of carbonyl (C=O) groups excluding carboxylic acids is 2. The molecule has 1 amide bonds. The molecule has 2 aromatic rings. The first-order valence-corrected chi connectivity index (χ1v) is 8.20. The molecule has 0 saturated carbocycles. The average molecular weight is 377 g/mol. The number of carbonyl (C=O) groups is 2. The van der Waals surface area contributed by atoms with Gasteiger partial charge in [-0.15, -0.1) is 0 Å². The number of ketones is 1. The minimum absolute atomic E-state index is 0.125.